The summed E-state index contributed by atoms with van der Waals surface area (Å²) < 4.78 is 11.3. The van der Waals surface area contributed by atoms with Gasteiger partial charge in [-0.05, 0) is 44.9 Å². The zero-order chi connectivity index (χ0) is 45.9. The summed E-state index contributed by atoms with van der Waals surface area (Å²) in [6, 6.07) is -0.806. The first kappa shape index (κ1) is 59.4. The van der Waals surface area contributed by atoms with Crippen LogP contribution in [0.1, 0.15) is 245 Å². The second-order valence-corrected chi connectivity index (χ2v) is 18.7. The standard InChI is InChI=1S/C54H101NO8/c1-3-5-7-9-11-13-15-17-19-21-23-24-26-27-29-31-33-35-37-39-41-43-48(57)47(46-62-54-53(61)52(60)51(59)49(45-56)63-54)55-50(58)44-42-40-38-36-34-32-30-28-25-22-20-18-16-14-12-10-8-6-4-2/h12,14,16,18,41,43,47-49,51-54,56-57,59-61H,3-11,13,15,17,19-40,42,44-46H2,1-2H3,(H,55,58)/b14-12-,18-16-,43-41+. The van der Waals surface area contributed by atoms with Gasteiger partial charge in [-0.25, -0.2) is 0 Å². The monoisotopic (exact) mass is 892 g/mol. The van der Waals surface area contributed by atoms with Crippen molar-refractivity contribution in [3.63, 3.8) is 0 Å². The van der Waals surface area contributed by atoms with Crippen LogP contribution in [0.25, 0.3) is 0 Å². The first-order valence-electron chi connectivity index (χ1n) is 26.7. The van der Waals surface area contributed by atoms with Crippen LogP contribution >= 0.6 is 0 Å². The average Bonchev–Trinajstić information content (AvgIpc) is 3.28. The number of aliphatic hydroxyl groups excluding tert-OH is 5. The molecule has 63 heavy (non-hydrogen) atoms. The summed E-state index contributed by atoms with van der Waals surface area (Å²) >= 11 is 0. The lowest BCUT2D eigenvalue weighted by atomic mass is 9.99. The molecule has 9 nitrogen and oxygen atoms in total. The van der Waals surface area contributed by atoms with E-state index < -0.39 is 49.5 Å². The van der Waals surface area contributed by atoms with E-state index in [0.717, 1.165) is 44.9 Å². The molecule has 0 saturated carbocycles. The van der Waals surface area contributed by atoms with Crippen LogP contribution in [0.2, 0.25) is 0 Å². The van der Waals surface area contributed by atoms with Gasteiger partial charge in [0.05, 0.1) is 25.4 Å². The Morgan fingerprint density at radius 2 is 0.921 bits per heavy atom. The minimum absolute atomic E-state index is 0.179. The van der Waals surface area contributed by atoms with Crippen LogP contribution in [-0.2, 0) is 14.3 Å². The predicted octanol–water partition coefficient (Wildman–Crippen LogP) is 12.4. The van der Waals surface area contributed by atoms with Gasteiger partial charge >= 0.3 is 0 Å². The van der Waals surface area contributed by atoms with E-state index in [-0.39, 0.29) is 12.5 Å². The lowest BCUT2D eigenvalue weighted by Crippen LogP contribution is -2.60. The second kappa shape index (κ2) is 44.3. The molecule has 0 aromatic heterocycles. The third-order valence-corrected chi connectivity index (χ3v) is 12.7. The molecule has 9 heteroatoms. The molecule has 6 N–H and O–H groups in total. The van der Waals surface area contributed by atoms with Crippen molar-refractivity contribution in [3.05, 3.63) is 36.5 Å². The highest BCUT2D eigenvalue weighted by molar-refractivity contribution is 5.76. The molecule has 7 atom stereocenters. The molecule has 1 aliphatic rings. The van der Waals surface area contributed by atoms with Gasteiger partial charge < -0.3 is 40.3 Å². The molecule has 0 aromatic rings. The van der Waals surface area contributed by atoms with Gasteiger partial charge in [0.25, 0.3) is 0 Å². The van der Waals surface area contributed by atoms with Crippen molar-refractivity contribution in [1.29, 1.82) is 0 Å². The number of hydrogen-bond acceptors (Lipinski definition) is 8. The Morgan fingerprint density at radius 1 is 0.540 bits per heavy atom. The Morgan fingerprint density at radius 3 is 1.37 bits per heavy atom. The summed E-state index contributed by atoms with van der Waals surface area (Å²) in [5.74, 6) is -0.179. The Hall–Kier alpha value is -1.59. The van der Waals surface area contributed by atoms with E-state index in [1.807, 2.05) is 6.08 Å². The molecule has 1 fully saturated rings. The van der Waals surface area contributed by atoms with Gasteiger partial charge in [0.2, 0.25) is 5.91 Å². The van der Waals surface area contributed by atoms with Crippen LogP contribution in [0.3, 0.4) is 0 Å². The third kappa shape index (κ3) is 34.4. The summed E-state index contributed by atoms with van der Waals surface area (Å²) in [7, 11) is 0. The maximum atomic E-state index is 13.0. The molecule has 1 saturated heterocycles. The smallest absolute Gasteiger partial charge is 0.220 e. The molecule has 0 aliphatic carbocycles. The number of carbonyl (C=O) groups excluding carboxylic acids is 1. The number of ether oxygens (including phenoxy) is 2. The fourth-order valence-corrected chi connectivity index (χ4v) is 8.44. The number of carbonyl (C=O) groups is 1. The van der Waals surface area contributed by atoms with E-state index in [1.54, 1.807) is 6.08 Å². The van der Waals surface area contributed by atoms with E-state index in [0.29, 0.717) is 6.42 Å². The molecule has 1 amide bonds. The van der Waals surface area contributed by atoms with Crippen molar-refractivity contribution in [2.24, 2.45) is 0 Å². The van der Waals surface area contributed by atoms with Gasteiger partial charge in [-0.1, -0.05) is 230 Å². The minimum atomic E-state index is -1.57. The Kier molecular flexibility index (Phi) is 41.7. The third-order valence-electron chi connectivity index (χ3n) is 12.7. The summed E-state index contributed by atoms with van der Waals surface area (Å²) in [6.45, 7) is 3.77. The largest absolute Gasteiger partial charge is 0.394 e. The molecule has 1 aliphatic heterocycles. The molecule has 0 bridgehead atoms. The number of amides is 1. The number of unbranched alkanes of at least 4 members (excludes halogenated alkanes) is 32. The van der Waals surface area contributed by atoms with Crippen LogP contribution in [0.5, 0.6) is 0 Å². The van der Waals surface area contributed by atoms with Crippen molar-refractivity contribution in [3.8, 4) is 0 Å². The lowest BCUT2D eigenvalue weighted by molar-refractivity contribution is -0.302. The highest BCUT2D eigenvalue weighted by atomic mass is 16.7. The van der Waals surface area contributed by atoms with Gasteiger partial charge in [0, 0.05) is 6.42 Å². The molecule has 0 radical (unpaired) electrons. The van der Waals surface area contributed by atoms with Crippen molar-refractivity contribution in [2.45, 2.75) is 288 Å². The minimum Gasteiger partial charge on any atom is -0.394 e. The number of allylic oxidation sites excluding steroid dienone is 5. The Balaban J connectivity index is 2.28. The summed E-state index contributed by atoms with van der Waals surface area (Å²) in [5, 5.41) is 54.4. The fourth-order valence-electron chi connectivity index (χ4n) is 8.44. The normalized spacial score (nSPS) is 20.4. The predicted molar refractivity (Wildman–Crippen MR) is 263 cm³/mol. The van der Waals surface area contributed by atoms with Crippen molar-refractivity contribution >= 4 is 5.91 Å². The van der Waals surface area contributed by atoms with E-state index in [9.17, 15) is 30.3 Å². The molecule has 1 rings (SSSR count). The highest BCUT2D eigenvalue weighted by Crippen LogP contribution is 2.23. The Bertz CT molecular complexity index is 1080. The average molecular weight is 892 g/mol. The number of aliphatic hydroxyl groups is 5. The SMILES string of the molecule is CCCCC/C=C\C=C/CCCCCCCCCCCCC(=O)NC(COC1OC(CO)C(O)C(O)C1O)C(O)/C=C/CCCCCCCCCCCCCCCCCCCCC. The lowest BCUT2D eigenvalue weighted by Gasteiger charge is -2.40. The molecule has 7 unspecified atom stereocenters. The van der Waals surface area contributed by atoms with Crippen LogP contribution in [0.4, 0.5) is 0 Å². The zero-order valence-electron chi connectivity index (χ0n) is 40.8. The second-order valence-electron chi connectivity index (χ2n) is 18.7. The van der Waals surface area contributed by atoms with Gasteiger partial charge in [-0.2, -0.15) is 0 Å². The highest BCUT2D eigenvalue weighted by Gasteiger charge is 2.44. The quantitative estimate of drug-likeness (QED) is 0.0201. The Labute approximate surface area is 387 Å². The van der Waals surface area contributed by atoms with E-state index >= 15 is 0 Å². The van der Waals surface area contributed by atoms with E-state index in [4.69, 9.17) is 9.47 Å². The molecular formula is C54H101NO8. The van der Waals surface area contributed by atoms with Crippen LogP contribution in [-0.4, -0.2) is 87.5 Å². The first-order valence-corrected chi connectivity index (χ1v) is 26.7. The first-order chi connectivity index (χ1) is 30.8. The van der Waals surface area contributed by atoms with Crippen molar-refractivity contribution < 1.29 is 39.8 Å². The van der Waals surface area contributed by atoms with E-state index in [2.05, 4.69) is 43.5 Å². The molecule has 0 aromatic carbocycles. The fraction of sp³-hybridized carbons (Fsp3) is 0.870. The summed E-state index contributed by atoms with van der Waals surface area (Å²) in [6.07, 6.45) is 49.0. The number of hydrogen-bond donors (Lipinski definition) is 6. The number of rotatable bonds is 45. The van der Waals surface area contributed by atoms with Crippen LogP contribution in [0, 0.1) is 0 Å². The maximum Gasteiger partial charge on any atom is 0.220 e. The van der Waals surface area contributed by atoms with Gasteiger partial charge in [0.15, 0.2) is 6.29 Å². The van der Waals surface area contributed by atoms with Crippen molar-refractivity contribution in [2.75, 3.05) is 13.2 Å². The zero-order valence-corrected chi connectivity index (χ0v) is 40.8. The summed E-state index contributed by atoms with van der Waals surface area (Å²) in [5.41, 5.74) is 0. The molecular weight excluding hydrogens is 791 g/mol. The van der Waals surface area contributed by atoms with Gasteiger partial charge in [-0.15, -0.1) is 0 Å². The molecule has 0 spiro atoms. The van der Waals surface area contributed by atoms with Crippen molar-refractivity contribution in [1.82, 2.24) is 5.32 Å². The number of nitrogens with one attached hydrogen (secondary N) is 1. The summed E-state index contributed by atoms with van der Waals surface area (Å²) in [4.78, 5) is 13.0. The van der Waals surface area contributed by atoms with Gasteiger partial charge in [0.1, 0.15) is 24.4 Å². The van der Waals surface area contributed by atoms with Crippen LogP contribution < -0.4 is 5.32 Å². The van der Waals surface area contributed by atoms with Gasteiger partial charge in [-0.3, -0.25) is 4.79 Å². The molecule has 1 heterocycles. The molecule has 370 valence electrons. The topological polar surface area (TPSA) is 149 Å². The van der Waals surface area contributed by atoms with Crippen LogP contribution in [0.15, 0.2) is 36.5 Å². The van der Waals surface area contributed by atoms with E-state index in [1.165, 1.54) is 180 Å². The maximum absolute atomic E-state index is 13.0.